The maximum atomic E-state index is 12.0. The number of hydrogen-bond donors (Lipinski definition) is 0. The molecule has 0 spiro atoms. The minimum Gasteiger partial charge on any atom is -0.463 e. The zero-order valence-electron chi connectivity index (χ0n) is 23.2. The van der Waals surface area contributed by atoms with Crippen molar-refractivity contribution in [1.29, 1.82) is 0 Å². The fraction of sp³-hybridized carbons (Fsp3) is 0.923. The van der Waals surface area contributed by atoms with Crippen molar-refractivity contribution in [3.05, 3.63) is 0 Å². The number of carbonyl (C=O) groups excluding carboxylic acids is 2. The van der Waals surface area contributed by atoms with Crippen LogP contribution >= 0.6 is 0 Å². The fourth-order valence-corrected chi connectivity index (χ4v) is 2.92. The van der Waals surface area contributed by atoms with Crippen molar-refractivity contribution in [2.24, 2.45) is 5.92 Å². The Hall–Kier alpha value is -1.34. The topological polar surface area (TPSA) is 117 Å². The van der Waals surface area contributed by atoms with Gasteiger partial charge in [-0.2, -0.15) is 0 Å². The predicted molar refractivity (Wildman–Crippen MR) is 137 cm³/mol. The second-order valence-corrected chi connectivity index (χ2v) is 8.04. The van der Waals surface area contributed by atoms with E-state index in [1.54, 1.807) is 0 Å². The number of rotatable bonds is 29. The molecule has 11 nitrogen and oxygen atoms in total. The summed E-state index contributed by atoms with van der Waals surface area (Å²) in [5, 5.41) is 0. The first-order valence-electron chi connectivity index (χ1n) is 13.5. The highest BCUT2D eigenvalue weighted by Crippen LogP contribution is 2.14. The van der Waals surface area contributed by atoms with Crippen molar-refractivity contribution in [3.63, 3.8) is 0 Å². The van der Waals surface area contributed by atoms with Gasteiger partial charge in [-0.25, -0.2) is 0 Å². The highest BCUT2D eigenvalue weighted by molar-refractivity contribution is 5.72. The van der Waals surface area contributed by atoms with Crippen LogP contribution in [0.25, 0.3) is 0 Å². The summed E-state index contributed by atoms with van der Waals surface area (Å²) in [5.74, 6) is -0.436. The maximum Gasteiger partial charge on any atom is 0.308 e. The van der Waals surface area contributed by atoms with Crippen LogP contribution in [0.4, 0.5) is 0 Å². The van der Waals surface area contributed by atoms with Gasteiger partial charge in [0.25, 0.3) is 0 Å². The molecule has 0 aliphatic carbocycles. The summed E-state index contributed by atoms with van der Waals surface area (Å²) in [5.41, 5.74) is 0. The van der Waals surface area contributed by atoms with Gasteiger partial charge in [0.2, 0.25) is 0 Å². The Morgan fingerprint density at radius 3 is 1.14 bits per heavy atom. The van der Waals surface area contributed by atoms with Gasteiger partial charge in [0.15, 0.2) is 0 Å². The highest BCUT2D eigenvalue weighted by Gasteiger charge is 2.16. The molecule has 1 atom stereocenters. The number of unbranched alkanes of at least 4 members (excludes halogenated alkanes) is 1. The van der Waals surface area contributed by atoms with Crippen LogP contribution in [0.1, 0.15) is 46.5 Å². The Morgan fingerprint density at radius 2 is 0.838 bits per heavy atom. The summed E-state index contributed by atoms with van der Waals surface area (Å²) >= 11 is 0. The lowest BCUT2D eigenvalue weighted by molar-refractivity contribution is -0.150. The lowest BCUT2D eigenvalue weighted by atomic mass is 10.00. The quantitative estimate of drug-likeness (QED) is 0.103. The third-order valence-electron chi connectivity index (χ3n) is 4.97. The van der Waals surface area contributed by atoms with E-state index in [1.165, 1.54) is 6.92 Å². The Bertz CT molecular complexity index is 505. The molecule has 0 fully saturated rings. The molecular weight excluding hydrogens is 488 g/mol. The monoisotopic (exact) mass is 538 g/mol. The van der Waals surface area contributed by atoms with Crippen LogP contribution in [0.5, 0.6) is 0 Å². The Labute approximate surface area is 222 Å². The number of hydrogen-bond acceptors (Lipinski definition) is 11. The number of ether oxygens (including phenoxy) is 9. The smallest absolute Gasteiger partial charge is 0.308 e. The third-order valence-corrected chi connectivity index (χ3v) is 4.97. The van der Waals surface area contributed by atoms with Gasteiger partial charge in [-0.05, 0) is 12.8 Å². The van der Waals surface area contributed by atoms with E-state index < -0.39 is 0 Å². The summed E-state index contributed by atoms with van der Waals surface area (Å²) in [6.45, 7) is 12.5. The molecule has 0 aliphatic rings. The molecule has 0 saturated heterocycles. The van der Waals surface area contributed by atoms with Crippen molar-refractivity contribution in [1.82, 2.24) is 0 Å². The zero-order chi connectivity index (χ0) is 27.2. The first-order valence-corrected chi connectivity index (χ1v) is 13.5. The standard InChI is InChI=1S/C26H50O11/c1-4-6-7-25(5-2)26(28)37-23-21-35-19-17-33-15-13-31-11-9-29-8-10-30-12-14-32-16-18-34-20-22-36-24(3)27/h25H,4-23H2,1-3H3. The van der Waals surface area contributed by atoms with Crippen molar-refractivity contribution in [2.45, 2.75) is 46.5 Å². The second kappa shape index (κ2) is 29.2. The summed E-state index contributed by atoms with van der Waals surface area (Å²) < 4.78 is 47.8. The molecular formula is C26H50O11. The van der Waals surface area contributed by atoms with Crippen LogP contribution < -0.4 is 0 Å². The van der Waals surface area contributed by atoms with Crippen molar-refractivity contribution < 1.29 is 52.2 Å². The average molecular weight is 539 g/mol. The van der Waals surface area contributed by atoms with Gasteiger partial charge in [0.1, 0.15) is 13.2 Å². The Kier molecular flexibility index (Phi) is 28.2. The maximum absolute atomic E-state index is 12.0. The second-order valence-electron chi connectivity index (χ2n) is 8.04. The molecule has 0 aromatic heterocycles. The molecule has 0 aromatic rings. The van der Waals surface area contributed by atoms with Crippen molar-refractivity contribution in [3.8, 4) is 0 Å². The van der Waals surface area contributed by atoms with Gasteiger partial charge >= 0.3 is 11.9 Å². The molecule has 0 bridgehead atoms. The van der Waals surface area contributed by atoms with Gasteiger partial charge in [0.05, 0.1) is 98.4 Å². The molecule has 220 valence electrons. The first-order chi connectivity index (χ1) is 18.1. The fourth-order valence-electron chi connectivity index (χ4n) is 2.92. The summed E-state index contributed by atoms with van der Waals surface area (Å²) in [4.78, 5) is 22.5. The van der Waals surface area contributed by atoms with Crippen LogP contribution in [-0.4, -0.2) is 118 Å². The Balaban J connectivity index is 3.18. The lowest BCUT2D eigenvalue weighted by Crippen LogP contribution is -2.20. The van der Waals surface area contributed by atoms with Crippen LogP contribution in [0, 0.1) is 5.92 Å². The van der Waals surface area contributed by atoms with E-state index in [4.69, 9.17) is 42.6 Å². The van der Waals surface area contributed by atoms with Gasteiger partial charge in [-0.1, -0.05) is 26.7 Å². The van der Waals surface area contributed by atoms with E-state index in [1.807, 2.05) is 6.92 Å². The predicted octanol–water partition coefficient (Wildman–Crippen LogP) is 2.43. The number of carbonyl (C=O) groups is 2. The van der Waals surface area contributed by atoms with E-state index in [0.717, 1.165) is 25.7 Å². The lowest BCUT2D eigenvalue weighted by Gasteiger charge is -2.13. The minimum atomic E-state index is -0.312. The van der Waals surface area contributed by atoms with Crippen molar-refractivity contribution in [2.75, 3.05) is 106 Å². The van der Waals surface area contributed by atoms with Crippen molar-refractivity contribution >= 4 is 11.9 Å². The van der Waals surface area contributed by atoms with Gasteiger partial charge < -0.3 is 42.6 Å². The van der Waals surface area contributed by atoms with E-state index >= 15 is 0 Å². The zero-order valence-corrected chi connectivity index (χ0v) is 23.2. The molecule has 0 saturated carbocycles. The van der Waals surface area contributed by atoms with Crippen LogP contribution in [0.2, 0.25) is 0 Å². The van der Waals surface area contributed by atoms with Gasteiger partial charge in [-0.15, -0.1) is 0 Å². The molecule has 0 heterocycles. The van der Waals surface area contributed by atoms with E-state index in [9.17, 15) is 9.59 Å². The van der Waals surface area contributed by atoms with Crippen LogP contribution in [0.15, 0.2) is 0 Å². The molecule has 0 aromatic carbocycles. The van der Waals surface area contributed by atoms with Gasteiger partial charge in [-0.3, -0.25) is 9.59 Å². The molecule has 11 heteroatoms. The molecule has 0 aliphatic heterocycles. The molecule has 37 heavy (non-hydrogen) atoms. The molecule has 0 N–H and O–H groups in total. The third kappa shape index (κ3) is 27.5. The largest absolute Gasteiger partial charge is 0.463 e. The highest BCUT2D eigenvalue weighted by atomic mass is 16.6. The normalized spacial score (nSPS) is 12.0. The molecule has 1 unspecified atom stereocenters. The average Bonchev–Trinajstić information content (AvgIpc) is 2.88. The molecule has 0 radical (unpaired) electrons. The van der Waals surface area contributed by atoms with E-state index in [-0.39, 0.29) is 31.1 Å². The minimum absolute atomic E-state index is 0.00253. The van der Waals surface area contributed by atoms with Crippen LogP contribution in [-0.2, 0) is 52.2 Å². The van der Waals surface area contributed by atoms with E-state index in [2.05, 4.69) is 6.92 Å². The number of esters is 2. The summed E-state index contributed by atoms with van der Waals surface area (Å²) in [6, 6.07) is 0. The molecule has 0 amide bonds. The first kappa shape index (κ1) is 35.7. The summed E-state index contributed by atoms with van der Waals surface area (Å²) in [6.07, 6.45) is 3.83. The summed E-state index contributed by atoms with van der Waals surface area (Å²) in [7, 11) is 0. The Morgan fingerprint density at radius 1 is 0.514 bits per heavy atom. The SMILES string of the molecule is CCCCC(CC)C(=O)OCCOCCOCCOCCOCCOCCOCCOCCOC(C)=O. The van der Waals surface area contributed by atoms with Crippen LogP contribution in [0.3, 0.4) is 0 Å². The van der Waals surface area contributed by atoms with E-state index in [0.29, 0.717) is 92.5 Å². The molecule has 0 rings (SSSR count). The van der Waals surface area contributed by atoms with Gasteiger partial charge in [0, 0.05) is 6.92 Å².